The third kappa shape index (κ3) is 6.49. The maximum atomic E-state index is 6.13. The summed E-state index contributed by atoms with van der Waals surface area (Å²) >= 11 is 3.68. The summed E-state index contributed by atoms with van der Waals surface area (Å²) in [7, 11) is 0. The van der Waals surface area contributed by atoms with Crippen LogP contribution in [0, 0.1) is 0 Å². The molecular weight excluding hydrogens is 743 g/mol. The lowest BCUT2D eigenvalue weighted by atomic mass is 10.0. The van der Waals surface area contributed by atoms with Gasteiger partial charge in [0.15, 0.2) is 0 Å². The molecule has 274 valence electrons. The molecule has 4 heteroatoms. The Bertz CT molecular complexity index is 2930. The Morgan fingerprint density at radius 2 is 0.672 bits per heavy atom. The number of thiophene rings is 2. The predicted octanol–water partition coefficient (Wildman–Crippen LogP) is 16.7. The summed E-state index contributed by atoms with van der Waals surface area (Å²) in [5.74, 6) is 0.882. The van der Waals surface area contributed by atoms with Crippen molar-refractivity contribution < 1.29 is 4.42 Å². The van der Waals surface area contributed by atoms with Gasteiger partial charge in [-0.25, -0.2) is 0 Å². The molecule has 0 bridgehead atoms. The van der Waals surface area contributed by atoms with E-state index in [-0.39, 0.29) is 0 Å². The topological polar surface area (TPSA) is 16.4 Å². The molecule has 0 aliphatic heterocycles. The maximum Gasteiger partial charge on any atom is 0.135 e. The zero-order valence-electron chi connectivity index (χ0n) is 31.4. The second-order valence-corrected chi connectivity index (χ2v) is 16.7. The van der Waals surface area contributed by atoms with Crippen LogP contribution in [0.2, 0.25) is 0 Å². The first-order valence-electron chi connectivity index (χ1n) is 19.5. The lowest BCUT2D eigenvalue weighted by molar-refractivity contribution is 0.631. The maximum absolute atomic E-state index is 6.13. The molecule has 3 aromatic heterocycles. The van der Waals surface area contributed by atoms with Crippen molar-refractivity contribution in [3.8, 4) is 54.5 Å². The SMILES string of the molecule is c1ccc2oc(-c3ccc(-c4ccc(N(c5ccc(-c6ccc(-c7cc8ccccc8s7)cc6)cc5)c5ccc(-c6cc7ccccc7s6)cc5)cc4)cc3)cc2c1. The van der Waals surface area contributed by atoms with Crippen molar-refractivity contribution in [2.24, 2.45) is 0 Å². The van der Waals surface area contributed by atoms with Gasteiger partial charge in [0.05, 0.1) is 0 Å². The molecule has 3 heterocycles. The first kappa shape index (κ1) is 34.3. The molecule has 0 N–H and O–H groups in total. The van der Waals surface area contributed by atoms with Gasteiger partial charge in [-0.05, 0) is 117 Å². The largest absolute Gasteiger partial charge is 0.456 e. The number of nitrogens with zero attached hydrogens (tertiary/aromatic N) is 1. The lowest BCUT2D eigenvalue weighted by Gasteiger charge is -2.26. The predicted molar refractivity (Wildman–Crippen MR) is 249 cm³/mol. The molecule has 0 unspecified atom stereocenters. The number of hydrogen-bond acceptors (Lipinski definition) is 4. The van der Waals surface area contributed by atoms with Gasteiger partial charge in [0, 0.05) is 47.2 Å². The van der Waals surface area contributed by atoms with Crippen molar-refractivity contribution in [1.82, 2.24) is 0 Å². The van der Waals surface area contributed by atoms with Gasteiger partial charge in [-0.3, -0.25) is 0 Å². The summed E-state index contributed by atoms with van der Waals surface area (Å²) < 4.78 is 8.76. The van der Waals surface area contributed by atoms with Crippen LogP contribution in [0.25, 0.3) is 85.6 Å². The van der Waals surface area contributed by atoms with Gasteiger partial charge >= 0.3 is 0 Å². The van der Waals surface area contributed by atoms with Crippen molar-refractivity contribution in [2.75, 3.05) is 4.90 Å². The standard InChI is InChI=1S/C54H35NOS2/c1-4-10-49-43(7-1)33-50(56-49)40-17-13-36(14-18-40)38-21-27-46(28-22-38)55(48-31-25-42(26-32-48)54-35-45-9-3-6-12-52(45)58-54)47-29-23-39(24-30-47)37-15-19-41(20-16-37)53-34-44-8-2-5-11-51(44)57-53/h1-35H. The van der Waals surface area contributed by atoms with Crippen LogP contribution in [0.5, 0.6) is 0 Å². The Morgan fingerprint density at radius 3 is 1.12 bits per heavy atom. The van der Waals surface area contributed by atoms with E-state index in [4.69, 9.17) is 4.42 Å². The molecule has 0 fully saturated rings. The Kier molecular flexibility index (Phi) is 8.58. The van der Waals surface area contributed by atoms with Crippen LogP contribution in [-0.4, -0.2) is 0 Å². The average molecular weight is 778 g/mol. The van der Waals surface area contributed by atoms with Crippen LogP contribution in [0.1, 0.15) is 0 Å². The van der Waals surface area contributed by atoms with Crippen molar-refractivity contribution in [2.45, 2.75) is 0 Å². The van der Waals surface area contributed by atoms with Crippen LogP contribution >= 0.6 is 22.7 Å². The number of fused-ring (bicyclic) bond motifs is 3. The Hall–Kier alpha value is -6.98. The number of hydrogen-bond donors (Lipinski definition) is 0. The van der Waals surface area contributed by atoms with E-state index >= 15 is 0 Å². The second kappa shape index (κ2) is 14.5. The van der Waals surface area contributed by atoms with Crippen molar-refractivity contribution in [3.05, 3.63) is 212 Å². The zero-order chi connectivity index (χ0) is 38.4. The molecule has 0 spiro atoms. The average Bonchev–Trinajstić information content (AvgIpc) is 4.05. The van der Waals surface area contributed by atoms with Crippen LogP contribution in [0.4, 0.5) is 17.1 Å². The number of furan rings is 1. The van der Waals surface area contributed by atoms with E-state index in [2.05, 4.69) is 199 Å². The molecule has 11 aromatic rings. The quantitative estimate of drug-likeness (QED) is 0.153. The third-order valence-corrected chi connectivity index (χ3v) is 13.3. The van der Waals surface area contributed by atoms with Gasteiger partial charge in [-0.2, -0.15) is 0 Å². The van der Waals surface area contributed by atoms with Crippen molar-refractivity contribution in [1.29, 1.82) is 0 Å². The monoisotopic (exact) mass is 777 g/mol. The van der Waals surface area contributed by atoms with E-state index in [1.165, 1.54) is 52.2 Å². The first-order chi connectivity index (χ1) is 28.7. The Balaban J connectivity index is 0.898. The third-order valence-electron chi connectivity index (χ3n) is 10.9. The summed E-state index contributed by atoms with van der Waals surface area (Å²) in [4.78, 5) is 4.91. The van der Waals surface area contributed by atoms with E-state index < -0.39 is 0 Å². The number of rotatable bonds is 8. The fourth-order valence-corrected chi connectivity index (χ4v) is 9.99. The summed E-state index contributed by atoms with van der Waals surface area (Å²) in [6.07, 6.45) is 0. The molecule has 0 aliphatic rings. The fourth-order valence-electron chi connectivity index (χ4n) is 7.85. The van der Waals surface area contributed by atoms with Gasteiger partial charge < -0.3 is 9.32 Å². The summed E-state index contributed by atoms with van der Waals surface area (Å²) in [5.41, 5.74) is 12.5. The highest BCUT2D eigenvalue weighted by Gasteiger charge is 2.15. The smallest absolute Gasteiger partial charge is 0.135 e. The Labute approximate surface area is 345 Å². The van der Waals surface area contributed by atoms with E-state index in [0.29, 0.717) is 0 Å². The van der Waals surface area contributed by atoms with Crippen LogP contribution < -0.4 is 4.90 Å². The first-order valence-corrected chi connectivity index (χ1v) is 21.1. The van der Waals surface area contributed by atoms with E-state index in [1.54, 1.807) is 0 Å². The number of anilines is 3. The molecule has 0 saturated heterocycles. The minimum absolute atomic E-state index is 0.882. The highest BCUT2D eigenvalue weighted by atomic mass is 32.1. The molecule has 11 rings (SSSR count). The number of benzene rings is 8. The molecule has 0 saturated carbocycles. The summed E-state index contributed by atoms with van der Waals surface area (Å²) in [6.45, 7) is 0. The summed E-state index contributed by atoms with van der Waals surface area (Å²) in [5, 5.41) is 3.70. The lowest BCUT2D eigenvalue weighted by Crippen LogP contribution is -2.09. The van der Waals surface area contributed by atoms with Crippen molar-refractivity contribution in [3.63, 3.8) is 0 Å². The molecule has 2 nitrogen and oxygen atoms in total. The molecule has 0 atom stereocenters. The van der Waals surface area contributed by atoms with Gasteiger partial charge in [-0.15, -0.1) is 22.7 Å². The normalized spacial score (nSPS) is 11.4. The van der Waals surface area contributed by atoms with E-state index in [0.717, 1.165) is 50.5 Å². The highest BCUT2D eigenvalue weighted by Crippen LogP contribution is 2.40. The van der Waals surface area contributed by atoms with E-state index in [9.17, 15) is 0 Å². The second-order valence-electron chi connectivity index (χ2n) is 14.6. The van der Waals surface area contributed by atoms with E-state index in [1.807, 2.05) is 40.9 Å². The zero-order valence-corrected chi connectivity index (χ0v) is 33.0. The molecule has 58 heavy (non-hydrogen) atoms. The fraction of sp³-hybridized carbons (Fsp3) is 0. The molecule has 0 amide bonds. The van der Waals surface area contributed by atoms with Crippen molar-refractivity contribution >= 4 is 70.9 Å². The molecule has 0 aliphatic carbocycles. The highest BCUT2D eigenvalue weighted by molar-refractivity contribution is 7.22. The van der Waals surface area contributed by atoms with Gasteiger partial charge in [0.25, 0.3) is 0 Å². The van der Waals surface area contributed by atoms with Crippen LogP contribution in [0.15, 0.2) is 217 Å². The minimum Gasteiger partial charge on any atom is -0.456 e. The van der Waals surface area contributed by atoms with Gasteiger partial charge in [0.2, 0.25) is 0 Å². The Morgan fingerprint density at radius 1 is 0.310 bits per heavy atom. The minimum atomic E-state index is 0.882. The summed E-state index contributed by atoms with van der Waals surface area (Å²) in [6, 6.07) is 76.4. The molecular formula is C54H35NOS2. The van der Waals surface area contributed by atoms with Crippen LogP contribution in [0.3, 0.4) is 0 Å². The van der Waals surface area contributed by atoms with Crippen LogP contribution in [-0.2, 0) is 0 Å². The van der Waals surface area contributed by atoms with Gasteiger partial charge in [-0.1, -0.05) is 140 Å². The molecule has 8 aromatic carbocycles. The van der Waals surface area contributed by atoms with Gasteiger partial charge in [0.1, 0.15) is 11.3 Å². The number of para-hydroxylation sites is 1. The molecule has 0 radical (unpaired) electrons.